The van der Waals surface area contributed by atoms with Crippen molar-refractivity contribution < 1.29 is 0 Å². The lowest BCUT2D eigenvalue weighted by Crippen LogP contribution is -2.33. The third kappa shape index (κ3) is 5.39. The fourth-order valence-corrected chi connectivity index (χ4v) is 1.29. The summed E-state index contributed by atoms with van der Waals surface area (Å²) >= 11 is 0. The van der Waals surface area contributed by atoms with Crippen molar-refractivity contribution in [2.45, 2.75) is 68.7 Å². The molecule has 0 bridgehead atoms. The van der Waals surface area contributed by atoms with Gasteiger partial charge in [-0.25, -0.2) is 0 Å². The summed E-state index contributed by atoms with van der Waals surface area (Å²) in [6, 6.07) is 10.7. The van der Waals surface area contributed by atoms with Crippen LogP contribution in [0, 0.1) is 5.41 Å². The van der Waals surface area contributed by atoms with E-state index in [-0.39, 0.29) is 20.3 Å². The van der Waals surface area contributed by atoms with Gasteiger partial charge in [-0.2, -0.15) is 0 Å². The molecule has 0 saturated heterocycles. The van der Waals surface area contributed by atoms with E-state index in [1.54, 1.807) is 0 Å². The van der Waals surface area contributed by atoms with Gasteiger partial charge in [0.25, 0.3) is 0 Å². The molecular formula is C17H34. The average molecular weight is 238 g/mol. The minimum Gasteiger partial charge on any atom is -0.0776 e. The summed E-state index contributed by atoms with van der Waals surface area (Å²) in [7, 11) is 0. The summed E-state index contributed by atoms with van der Waals surface area (Å²) in [5.74, 6) is 0. The Hall–Kier alpha value is -0.780. The van der Waals surface area contributed by atoms with Crippen molar-refractivity contribution in [1.82, 2.24) is 0 Å². The standard InChI is InChI=1S/C13H20.C2H6.2CH4/c1-12(2,3)13(4,5)11-9-7-6-8-10-11;1-2;;/h6-10H,1-5H3;1-2H3;2*1H4. The predicted molar refractivity (Wildman–Crippen MR) is 83.7 cm³/mol. The van der Waals surface area contributed by atoms with Crippen molar-refractivity contribution in [3.8, 4) is 0 Å². The Morgan fingerprint density at radius 2 is 1.06 bits per heavy atom. The Kier molecular flexibility index (Phi) is 10.5. The van der Waals surface area contributed by atoms with E-state index < -0.39 is 0 Å². The van der Waals surface area contributed by atoms with Gasteiger partial charge in [-0.15, -0.1) is 0 Å². The highest BCUT2D eigenvalue weighted by molar-refractivity contribution is 5.25. The maximum atomic E-state index is 2.31. The van der Waals surface area contributed by atoms with Crippen LogP contribution in [-0.2, 0) is 5.41 Å². The molecule has 102 valence electrons. The SMILES string of the molecule is C.C.CC.CC(C)(C)C(C)(C)c1ccccc1. The molecule has 0 aromatic heterocycles. The van der Waals surface area contributed by atoms with Crippen LogP contribution >= 0.6 is 0 Å². The molecule has 0 nitrogen and oxygen atoms in total. The first-order valence-electron chi connectivity index (χ1n) is 5.91. The van der Waals surface area contributed by atoms with Crippen LogP contribution in [-0.4, -0.2) is 0 Å². The molecule has 0 heterocycles. The summed E-state index contributed by atoms with van der Waals surface area (Å²) in [4.78, 5) is 0. The summed E-state index contributed by atoms with van der Waals surface area (Å²) in [6.07, 6.45) is 0. The lowest BCUT2D eigenvalue weighted by molar-refractivity contribution is 0.225. The minimum absolute atomic E-state index is 0. The van der Waals surface area contributed by atoms with Crippen LogP contribution < -0.4 is 0 Å². The molecular weight excluding hydrogens is 204 g/mol. The van der Waals surface area contributed by atoms with E-state index in [1.165, 1.54) is 5.56 Å². The van der Waals surface area contributed by atoms with Gasteiger partial charge in [0, 0.05) is 0 Å². The fraction of sp³-hybridized carbons (Fsp3) is 0.647. The summed E-state index contributed by atoms with van der Waals surface area (Å²) in [6.45, 7) is 15.5. The maximum absolute atomic E-state index is 2.31. The molecule has 0 aliphatic heterocycles. The molecule has 1 aromatic rings. The highest BCUT2D eigenvalue weighted by atomic mass is 14.4. The molecule has 17 heavy (non-hydrogen) atoms. The molecule has 0 aliphatic rings. The normalized spacial score (nSPS) is 10.3. The molecule has 0 fully saturated rings. The van der Waals surface area contributed by atoms with Crippen molar-refractivity contribution in [2.24, 2.45) is 5.41 Å². The van der Waals surface area contributed by atoms with Crippen LogP contribution in [0.1, 0.15) is 68.9 Å². The monoisotopic (exact) mass is 238 g/mol. The zero-order valence-corrected chi connectivity index (χ0v) is 11.4. The van der Waals surface area contributed by atoms with Crippen molar-refractivity contribution in [2.75, 3.05) is 0 Å². The molecule has 0 amide bonds. The molecule has 1 aromatic carbocycles. The van der Waals surface area contributed by atoms with Crippen LogP contribution in [0.2, 0.25) is 0 Å². The van der Waals surface area contributed by atoms with Gasteiger partial charge in [0.15, 0.2) is 0 Å². The van der Waals surface area contributed by atoms with Gasteiger partial charge in [0.2, 0.25) is 0 Å². The summed E-state index contributed by atoms with van der Waals surface area (Å²) in [5, 5.41) is 0. The highest BCUT2D eigenvalue weighted by Crippen LogP contribution is 2.40. The van der Waals surface area contributed by atoms with Crippen LogP contribution in [0.4, 0.5) is 0 Å². The van der Waals surface area contributed by atoms with Gasteiger partial charge in [-0.1, -0.05) is 93.7 Å². The summed E-state index contributed by atoms with van der Waals surface area (Å²) < 4.78 is 0. The van der Waals surface area contributed by atoms with Gasteiger partial charge < -0.3 is 0 Å². The number of benzene rings is 1. The average Bonchev–Trinajstić information content (AvgIpc) is 2.20. The van der Waals surface area contributed by atoms with E-state index in [2.05, 4.69) is 65.0 Å². The second-order valence-electron chi connectivity index (χ2n) is 5.24. The Morgan fingerprint density at radius 3 is 1.35 bits per heavy atom. The van der Waals surface area contributed by atoms with Crippen molar-refractivity contribution >= 4 is 0 Å². The predicted octanol–water partition coefficient (Wildman–Crippen LogP) is 6.31. The molecule has 0 radical (unpaired) electrons. The zero-order valence-electron chi connectivity index (χ0n) is 11.4. The summed E-state index contributed by atoms with van der Waals surface area (Å²) in [5.41, 5.74) is 1.95. The van der Waals surface area contributed by atoms with Crippen LogP contribution in [0.5, 0.6) is 0 Å². The van der Waals surface area contributed by atoms with E-state index in [4.69, 9.17) is 0 Å². The Balaban J connectivity index is -0.000000464. The smallest absolute Gasteiger partial charge is 0.00551 e. The topological polar surface area (TPSA) is 0 Å². The van der Waals surface area contributed by atoms with Crippen molar-refractivity contribution in [1.29, 1.82) is 0 Å². The first-order valence-corrected chi connectivity index (χ1v) is 5.91. The maximum Gasteiger partial charge on any atom is -0.00551 e. The third-order valence-electron chi connectivity index (χ3n) is 3.37. The molecule has 0 atom stereocenters. The molecule has 0 spiro atoms. The Bertz CT molecular complexity index is 262. The lowest BCUT2D eigenvalue weighted by atomic mass is 9.65. The van der Waals surface area contributed by atoms with E-state index in [9.17, 15) is 0 Å². The van der Waals surface area contributed by atoms with Gasteiger partial charge in [0.1, 0.15) is 0 Å². The van der Waals surface area contributed by atoms with Crippen LogP contribution in [0.25, 0.3) is 0 Å². The van der Waals surface area contributed by atoms with Gasteiger partial charge in [-0.05, 0) is 16.4 Å². The molecule has 0 aliphatic carbocycles. The van der Waals surface area contributed by atoms with Crippen molar-refractivity contribution in [3.05, 3.63) is 35.9 Å². The molecule has 1 rings (SSSR count). The minimum atomic E-state index is 0. The van der Waals surface area contributed by atoms with E-state index >= 15 is 0 Å². The first-order chi connectivity index (χ1) is 6.86. The van der Waals surface area contributed by atoms with Crippen LogP contribution in [0.15, 0.2) is 30.3 Å². The highest BCUT2D eigenvalue weighted by Gasteiger charge is 2.33. The number of rotatable bonds is 1. The van der Waals surface area contributed by atoms with Gasteiger partial charge in [-0.3, -0.25) is 0 Å². The number of hydrogen-bond donors (Lipinski definition) is 0. The zero-order chi connectivity index (χ0) is 12.1. The number of hydrogen-bond acceptors (Lipinski definition) is 0. The first kappa shape index (κ1) is 21.5. The quantitative estimate of drug-likeness (QED) is 0.538. The van der Waals surface area contributed by atoms with E-state index in [1.807, 2.05) is 13.8 Å². The molecule has 0 saturated carbocycles. The van der Waals surface area contributed by atoms with Gasteiger partial charge in [0.05, 0.1) is 0 Å². The molecule has 0 heteroatoms. The molecule has 0 N–H and O–H groups in total. The van der Waals surface area contributed by atoms with E-state index in [0.29, 0.717) is 5.41 Å². The van der Waals surface area contributed by atoms with Crippen LogP contribution in [0.3, 0.4) is 0 Å². The Labute approximate surface area is 110 Å². The second-order valence-corrected chi connectivity index (χ2v) is 5.24. The van der Waals surface area contributed by atoms with E-state index in [0.717, 1.165) is 0 Å². The lowest BCUT2D eigenvalue weighted by Gasteiger charge is -2.39. The molecule has 0 unspecified atom stereocenters. The largest absolute Gasteiger partial charge is 0.0776 e. The second kappa shape index (κ2) is 8.33. The van der Waals surface area contributed by atoms with Crippen molar-refractivity contribution in [3.63, 3.8) is 0 Å². The van der Waals surface area contributed by atoms with Gasteiger partial charge >= 0.3 is 0 Å². The fourth-order valence-electron chi connectivity index (χ4n) is 1.29. The Morgan fingerprint density at radius 1 is 0.706 bits per heavy atom. The third-order valence-corrected chi connectivity index (χ3v) is 3.37.